The highest BCUT2D eigenvalue weighted by Crippen LogP contribution is 2.25. The zero-order chi connectivity index (χ0) is 15.4. The Labute approximate surface area is 123 Å². The van der Waals surface area contributed by atoms with Crippen molar-refractivity contribution in [3.8, 4) is 11.8 Å². The van der Waals surface area contributed by atoms with Gasteiger partial charge in [0.15, 0.2) is 0 Å². The number of hydrogen-bond acceptors (Lipinski definition) is 2. The van der Waals surface area contributed by atoms with Gasteiger partial charge in [-0.3, -0.25) is 9.59 Å². The summed E-state index contributed by atoms with van der Waals surface area (Å²) in [7, 11) is 0. The molecule has 1 saturated heterocycles. The van der Waals surface area contributed by atoms with Crippen LogP contribution in [0.25, 0.3) is 0 Å². The highest BCUT2D eigenvalue weighted by Gasteiger charge is 2.35. The Hall–Kier alpha value is -2.35. The van der Waals surface area contributed by atoms with Gasteiger partial charge in [-0.1, -0.05) is 18.1 Å². The van der Waals surface area contributed by atoms with Gasteiger partial charge in [0, 0.05) is 6.54 Å². The van der Waals surface area contributed by atoms with Gasteiger partial charge < -0.3 is 10.2 Å². The van der Waals surface area contributed by atoms with E-state index in [-0.39, 0.29) is 17.8 Å². The van der Waals surface area contributed by atoms with E-state index in [1.807, 2.05) is 6.92 Å². The van der Waals surface area contributed by atoms with Gasteiger partial charge in [0.25, 0.3) is 5.91 Å². The van der Waals surface area contributed by atoms with Gasteiger partial charge in [-0.05, 0) is 43.9 Å². The number of halogens is 1. The third kappa shape index (κ3) is 3.40. The average molecular weight is 288 g/mol. The standard InChI is InChI=1S/C16H17FN2O2/c1-3-4-15(20)18-14-9-10-19(16(14)21)11(2)12-5-7-13(17)8-6-12/h5-8,11,14H,9-10H2,1-2H3,(H,18,20). The molecule has 5 heteroatoms. The largest absolute Gasteiger partial charge is 0.334 e. The molecule has 4 nitrogen and oxygen atoms in total. The summed E-state index contributed by atoms with van der Waals surface area (Å²) in [6.07, 6.45) is 0.557. The molecule has 1 fully saturated rings. The first-order valence-electron chi connectivity index (χ1n) is 6.82. The average Bonchev–Trinajstić information content (AvgIpc) is 2.80. The minimum Gasteiger partial charge on any atom is -0.334 e. The first-order chi connectivity index (χ1) is 10.0. The molecule has 2 rings (SSSR count). The maximum absolute atomic E-state index is 12.9. The van der Waals surface area contributed by atoms with Crippen LogP contribution in [0.4, 0.5) is 4.39 Å². The fraction of sp³-hybridized carbons (Fsp3) is 0.375. The number of carbonyl (C=O) groups excluding carboxylic acids is 2. The van der Waals surface area contributed by atoms with Gasteiger partial charge >= 0.3 is 0 Å². The lowest BCUT2D eigenvalue weighted by Gasteiger charge is -2.25. The van der Waals surface area contributed by atoms with E-state index in [9.17, 15) is 14.0 Å². The summed E-state index contributed by atoms with van der Waals surface area (Å²) in [6, 6.07) is 5.41. The molecular weight excluding hydrogens is 271 g/mol. The van der Waals surface area contributed by atoms with E-state index in [2.05, 4.69) is 17.2 Å². The van der Waals surface area contributed by atoms with Crippen LogP contribution in [0, 0.1) is 17.7 Å². The van der Waals surface area contributed by atoms with E-state index in [1.54, 1.807) is 24.0 Å². The number of amides is 2. The van der Waals surface area contributed by atoms with Crippen molar-refractivity contribution in [1.29, 1.82) is 0 Å². The van der Waals surface area contributed by atoms with E-state index in [0.29, 0.717) is 13.0 Å². The summed E-state index contributed by atoms with van der Waals surface area (Å²) in [6.45, 7) is 4.02. The summed E-state index contributed by atoms with van der Waals surface area (Å²) in [4.78, 5) is 25.4. The minimum atomic E-state index is -0.527. The third-order valence-electron chi connectivity index (χ3n) is 3.60. The SMILES string of the molecule is CC#CC(=O)NC1CCN(C(C)c2ccc(F)cc2)C1=O. The van der Waals surface area contributed by atoms with Gasteiger partial charge in [0.1, 0.15) is 11.9 Å². The lowest BCUT2D eigenvalue weighted by molar-refractivity contribution is -0.133. The molecule has 0 aliphatic carbocycles. The smallest absolute Gasteiger partial charge is 0.296 e. The van der Waals surface area contributed by atoms with Gasteiger partial charge in [-0.25, -0.2) is 4.39 Å². The highest BCUT2D eigenvalue weighted by atomic mass is 19.1. The molecule has 1 N–H and O–H groups in total. The van der Waals surface area contributed by atoms with Crippen LogP contribution in [0.5, 0.6) is 0 Å². The number of nitrogens with one attached hydrogen (secondary N) is 1. The van der Waals surface area contributed by atoms with Gasteiger partial charge in [-0.15, -0.1) is 0 Å². The Bertz CT molecular complexity index is 601. The molecular formula is C16H17FN2O2. The van der Waals surface area contributed by atoms with Crippen LogP contribution in [0.1, 0.15) is 31.9 Å². The van der Waals surface area contributed by atoms with E-state index >= 15 is 0 Å². The van der Waals surface area contributed by atoms with Gasteiger partial charge in [0.2, 0.25) is 5.91 Å². The van der Waals surface area contributed by atoms with Crippen LogP contribution >= 0.6 is 0 Å². The zero-order valence-electron chi connectivity index (χ0n) is 12.0. The number of benzene rings is 1. The summed E-state index contributed by atoms with van der Waals surface area (Å²) in [5, 5.41) is 2.61. The van der Waals surface area contributed by atoms with Crippen molar-refractivity contribution in [2.24, 2.45) is 0 Å². The van der Waals surface area contributed by atoms with Crippen molar-refractivity contribution in [3.05, 3.63) is 35.6 Å². The summed E-state index contributed by atoms with van der Waals surface area (Å²) < 4.78 is 12.9. The Morgan fingerprint density at radius 1 is 1.43 bits per heavy atom. The topological polar surface area (TPSA) is 49.4 Å². The summed E-state index contributed by atoms with van der Waals surface area (Å²) >= 11 is 0. The second-order valence-corrected chi connectivity index (χ2v) is 4.95. The lowest BCUT2D eigenvalue weighted by atomic mass is 10.1. The molecule has 0 spiro atoms. The second-order valence-electron chi connectivity index (χ2n) is 4.95. The molecule has 1 aromatic carbocycles. The predicted molar refractivity (Wildman–Crippen MR) is 76.5 cm³/mol. The monoisotopic (exact) mass is 288 g/mol. The lowest BCUT2D eigenvalue weighted by Crippen LogP contribution is -2.41. The summed E-state index contributed by atoms with van der Waals surface area (Å²) in [5.74, 6) is 3.99. The number of hydrogen-bond donors (Lipinski definition) is 1. The van der Waals surface area contributed by atoms with Crippen molar-refractivity contribution in [1.82, 2.24) is 10.2 Å². The van der Waals surface area contributed by atoms with Crippen LogP contribution in [0.15, 0.2) is 24.3 Å². The van der Waals surface area contributed by atoms with E-state index in [1.165, 1.54) is 12.1 Å². The maximum Gasteiger partial charge on any atom is 0.296 e. The molecule has 21 heavy (non-hydrogen) atoms. The van der Waals surface area contributed by atoms with Crippen LogP contribution in [-0.2, 0) is 9.59 Å². The number of likely N-dealkylation sites (tertiary alicyclic amines) is 1. The molecule has 1 aromatic rings. The molecule has 110 valence electrons. The van der Waals surface area contributed by atoms with Crippen molar-refractivity contribution in [2.75, 3.05) is 6.54 Å². The van der Waals surface area contributed by atoms with Crippen molar-refractivity contribution in [2.45, 2.75) is 32.4 Å². The number of nitrogens with zero attached hydrogens (tertiary/aromatic N) is 1. The second kappa shape index (κ2) is 6.40. The van der Waals surface area contributed by atoms with Crippen LogP contribution in [0.3, 0.4) is 0 Å². The molecule has 0 saturated carbocycles. The zero-order valence-corrected chi connectivity index (χ0v) is 12.0. The molecule has 1 aliphatic rings. The Kier molecular flexibility index (Phi) is 4.59. The predicted octanol–water partition coefficient (Wildman–Crippen LogP) is 1.63. The molecule has 2 unspecified atom stereocenters. The molecule has 1 aliphatic heterocycles. The first-order valence-corrected chi connectivity index (χ1v) is 6.82. The molecule has 0 radical (unpaired) electrons. The fourth-order valence-electron chi connectivity index (χ4n) is 2.45. The van der Waals surface area contributed by atoms with E-state index in [0.717, 1.165) is 5.56 Å². The Morgan fingerprint density at radius 2 is 2.10 bits per heavy atom. The maximum atomic E-state index is 12.9. The molecule has 2 atom stereocenters. The van der Waals surface area contributed by atoms with Crippen LogP contribution < -0.4 is 5.32 Å². The third-order valence-corrected chi connectivity index (χ3v) is 3.60. The normalized spacial score (nSPS) is 18.9. The summed E-state index contributed by atoms with van der Waals surface area (Å²) in [5.41, 5.74) is 0.866. The molecule has 2 amide bonds. The van der Waals surface area contributed by atoms with E-state index in [4.69, 9.17) is 0 Å². The van der Waals surface area contributed by atoms with Crippen LogP contribution in [-0.4, -0.2) is 29.3 Å². The highest BCUT2D eigenvalue weighted by molar-refractivity contribution is 5.97. The van der Waals surface area contributed by atoms with E-state index < -0.39 is 11.9 Å². The molecule has 1 heterocycles. The molecule has 0 bridgehead atoms. The van der Waals surface area contributed by atoms with Gasteiger partial charge in [-0.2, -0.15) is 0 Å². The quantitative estimate of drug-likeness (QED) is 0.859. The van der Waals surface area contributed by atoms with Crippen LogP contribution in [0.2, 0.25) is 0 Å². The van der Waals surface area contributed by atoms with Crippen molar-refractivity contribution in [3.63, 3.8) is 0 Å². The number of rotatable bonds is 3. The van der Waals surface area contributed by atoms with Gasteiger partial charge in [0.05, 0.1) is 6.04 Å². The molecule has 0 aromatic heterocycles. The minimum absolute atomic E-state index is 0.127. The fourth-order valence-corrected chi connectivity index (χ4v) is 2.45. The Morgan fingerprint density at radius 3 is 2.71 bits per heavy atom. The Balaban J connectivity index is 2.05. The van der Waals surface area contributed by atoms with Crippen molar-refractivity contribution >= 4 is 11.8 Å². The van der Waals surface area contributed by atoms with Crippen molar-refractivity contribution < 1.29 is 14.0 Å². The first kappa shape index (κ1) is 15.0. The number of carbonyl (C=O) groups is 2.